The van der Waals surface area contributed by atoms with Gasteiger partial charge in [0.2, 0.25) is 17.7 Å². The van der Waals surface area contributed by atoms with Crippen LogP contribution in [-0.2, 0) is 24.0 Å². The first-order chi connectivity index (χ1) is 17.4. The van der Waals surface area contributed by atoms with E-state index in [2.05, 4.69) is 26.6 Å². The molecule has 6 N–H and O–H groups in total. The third kappa shape index (κ3) is 9.17. The average molecular weight is 546 g/mol. The number of fused-ring (bicyclic) bond motifs is 1. The number of ketones is 1. The molecule has 0 aromatic carbocycles. The summed E-state index contributed by atoms with van der Waals surface area (Å²) in [5, 5.41) is 22.3. The van der Waals surface area contributed by atoms with Crippen LogP contribution in [0.4, 0.5) is 9.18 Å². The van der Waals surface area contributed by atoms with Gasteiger partial charge in [-0.2, -0.15) is 11.8 Å². The molecule has 2 rings (SSSR count). The van der Waals surface area contributed by atoms with E-state index in [4.69, 9.17) is 5.11 Å². The maximum absolute atomic E-state index is 12.8. The Balaban J connectivity index is 1.78. The summed E-state index contributed by atoms with van der Waals surface area (Å²) in [5.41, 5.74) is 0. The van der Waals surface area contributed by atoms with Crippen LogP contribution in [0.15, 0.2) is 0 Å². The second kappa shape index (κ2) is 14.1. The largest absolute Gasteiger partial charge is 0.481 e. The minimum atomic E-state index is -1.55. The Bertz CT molecular complexity index is 890. The molecule has 0 aromatic heterocycles. The topological polar surface area (TPSA) is 183 Å². The van der Waals surface area contributed by atoms with Gasteiger partial charge in [-0.1, -0.05) is 20.3 Å². The van der Waals surface area contributed by atoms with Gasteiger partial charge in [-0.3, -0.25) is 24.0 Å². The molecule has 2 fully saturated rings. The van der Waals surface area contributed by atoms with E-state index in [9.17, 15) is 33.2 Å². The standard InChI is InChI=1S/C23H36FN5O7S/c1-11(2)19(22(35)25-12(3)21(34)26-13(8-18(32)33)15(30)9-24)28-17(31)7-5-4-6-16-20-14(10-37-16)27-23(36)29-20/h11-14,16,19-20H,4-10H2,1-3H3,(H,25,35)(H,26,34)(H,28,31)(H,32,33)(H2,27,29,36)/t12-,13?,14-,16-,19-,20-/m0/s1. The fourth-order valence-corrected chi connectivity index (χ4v) is 5.78. The van der Waals surface area contributed by atoms with E-state index in [1.54, 1.807) is 25.6 Å². The highest BCUT2D eigenvalue weighted by Crippen LogP contribution is 2.33. The second-order valence-electron chi connectivity index (χ2n) is 9.65. The number of rotatable bonds is 15. The molecule has 0 saturated carbocycles. The summed E-state index contributed by atoms with van der Waals surface area (Å²) < 4.78 is 12.7. The van der Waals surface area contributed by atoms with Gasteiger partial charge in [0.25, 0.3) is 0 Å². The number of carbonyl (C=O) groups is 6. The van der Waals surface area contributed by atoms with Crippen LogP contribution in [0.3, 0.4) is 0 Å². The molecule has 12 nitrogen and oxygen atoms in total. The smallest absolute Gasteiger partial charge is 0.315 e. The number of aliphatic carboxylic acids is 1. The highest BCUT2D eigenvalue weighted by Gasteiger charge is 2.42. The summed E-state index contributed by atoms with van der Waals surface area (Å²) in [5.74, 6) is -3.68. The average Bonchev–Trinajstić information content (AvgIpc) is 3.37. The quantitative estimate of drug-likeness (QED) is 0.121. The van der Waals surface area contributed by atoms with Crippen molar-refractivity contribution in [2.45, 2.75) is 88.3 Å². The van der Waals surface area contributed by atoms with Gasteiger partial charge in [0, 0.05) is 17.4 Å². The lowest BCUT2D eigenvalue weighted by Gasteiger charge is -2.24. The predicted molar refractivity (Wildman–Crippen MR) is 133 cm³/mol. The maximum atomic E-state index is 12.8. The number of alkyl halides is 1. The molecule has 208 valence electrons. The van der Waals surface area contributed by atoms with Crippen LogP contribution in [-0.4, -0.2) is 88.5 Å². The van der Waals surface area contributed by atoms with Gasteiger partial charge in [0.05, 0.1) is 18.5 Å². The van der Waals surface area contributed by atoms with Gasteiger partial charge in [-0.05, 0) is 25.7 Å². The van der Waals surface area contributed by atoms with Crippen molar-refractivity contribution in [2.24, 2.45) is 5.92 Å². The van der Waals surface area contributed by atoms with E-state index >= 15 is 0 Å². The van der Waals surface area contributed by atoms with Crippen molar-refractivity contribution in [1.29, 1.82) is 0 Å². The number of unbranched alkanes of at least 4 members (excludes halogenated alkanes) is 1. The van der Waals surface area contributed by atoms with E-state index < -0.39 is 54.8 Å². The van der Waals surface area contributed by atoms with Gasteiger partial charge >= 0.3 is 12.0 Å². The Morgan fingerprint density at radius 3 is 2.38 bits per heavy atom. The molecule has 2 heterocycles. The van der Waals surface area contributed by atoms with Crippen molar-refractivity contribution in [3.63, 3.8) is 0 Å². The number of hydrogen-bond donors (Lipinski definition) is 6. The molecule has 2 aliphatic heterocycles. The highest BCUT2D eigenvalue weighted by molar-refractivity contribution is 8.00. The van der Waals surface area contributed by atoms with Crippen LogP contribution in [0.2, 0.25) is 0 Å². The van der Waals surface area contributed by atoms with E-state index in [0.717, 1.165) is 18.6 Å². The lowest BCUT2D eigenvalue weighted by molar-refractivity contribution is -0.140. The zero-order valence-electron chi connectivity index (χ0n) is 21.2. The van der Waals surface area contributed by atoms with Crippen LogP contribution >= 0.6 is 11.8 Å². The molecule has 37 heavy (non-hydrogen) atoms. The number of amides is 5. The highest BCUT2D eigenvalue weighted by atomic mass is 32.2. The zero-order valence-corrected chi connectivity index (χ0v) is 22.0. The van der Waals surface area contributed by atoms with E-state index in [0.29, 0.717) is 11.7 Å². The van der Waals surface area contributed by atoms with E-state index in [-0.39, 0.29) is 36.4 Å². The van der Waals surface area contributed by atoms with Crippen molar-refractivity contribution in [3.05, 3.63) is 0 Å². The summed E-state index contributed by atoms with van der Waals surface area (Å²) >= 11 is 1.80. The number of thioether (sulfide) groups is 1. The Morgan fingerprint density at radius 2 is 1.76 bits per heavy atom. The first-order valence-corrected chi connectivity index (χ1v) is 13.4. The van der Waals surface area contributed by atoms with Crippen molar-refractivity contribution in [1.82, 2.24) is 26.6 Å². The van der Waals surface area contributed by atoms with Gasteiger partial charge in [-0.15, -0.1) is 0 Å². The second-order valence-corrected chi connectivity index (χ2v) is 10.9. The van der Waals surface area contributed by atoms with Crippen molar-refractivity contribution < 1.29 is 38.3 Å². The minimum absolute atomic E-state index is 0.106. The Morgan fingerprint density at radius 1 is 1.05 bits per heavy atom. The first-order valence-electron chi connectivity index (χ1n) is 12.3. The molecular weight excluding hydrogens is 509 g/mol. The SMILES string of the molecule is CC(C)[C@H](NC(=O)CCCC[C@@H]1SC[C@@H]2NC(=O)N[C@@H]21)C(=O)N[C@@H](C)C(=O)NC(CC(=O)O)C(=O)CF. The number of Topliss-reactive ketones (excluding diaryl/α,β-unsaturated/α-hetero) is 1. The molecule has 0 spiro atoms. The molecular formula is C23H36FN5O7S. The number of carboxylic acids is 1. The fraction of sp³-hybridized carbons (Fsp3) is 0.739. The maximum Gasteiger partial charge on any atom is 0.315 e. The number of hydrogen-bond acceptors (Lipinski definition) is 7. The predicted octanol–water partition coefficient (Wildman–Crippen LogP) is -0.144. The van der Waals surface area contributed by atoms with Crippen LogP contribution in [0.25, 0.3) is 0 Å². The number of carbonyl (C=O) groups excluding carboxylic acids is 5. The van der Waals surface area contributed by atoms with Gasteiger partial charge in [0.1, 0.15) is 24.8 Å². The molecule has 0 aliphatic carbocycles. The molecule has 2 aliphatic rings. The van der Waals surface area contributed by atoms with Crippen LogP contribution in [0.1, 0.15) is 52.9 Å². The normalized spacial score (nSPS) is 22.7. The van der Waals surface area contributed by atoms with Gasteiger partial charge < -0.3 is 31.7 Å². The lowest BCUT2D eigenvalue weighted by atomic mass is 10.0. The molecule has 14 heteroatoms. The number of halogens is 1. The number of carboxylic acid groups (broad SMARTS) is 1. The molecule has 1 unspecified atom stereocenters. The Labute approximate surface area is 219 Å². The third-order valence-electron chi connectivity index (χ3n) is 6.31. The van der Waals surface area contributed by atoms with Crippen LogP contribution in [0.5, 0.6) is 0 Å². The molecule has 6 atom stereocenters. The minimum Gasteiger partial charge on any atom is -0.481 e. The monoisotopic (exact) mass is 545 g/mol. The van der Waals surface area contributed by atoms with E-state index in [1.807, 2.05) is 0 Å². The molecule has 0 aromatic rings. The first kappa shape index (κ1) is 30.3. The molecule has 0 bridgehead atoms. The summed E-state index contributed by atoms with van der Waals surface area (Å²) in [6, 6.07) is -3.52. The van der Waals surface area contributed by atoms with Gasteiger partial charge in [0.15, 0.2) is 5.78 Å². The third-order valence-corrected chi connectivity index (χ3v) is 7.82. The molecule has 5 amide bonds. The van der Waals surface area contributed by atoms with Crippen molar-refractivity contribution >= 4 is 47.3 Å². The van der Waals surface area contributed by atoms with Crippen molar-refractivity contribution in [3.8, 4) is 0 Å². The number of nitrogens with one attached hydrogen (secondary N) is 5. The summed E-state index contributed by atoms with van der Waals surface area (Å²) in [4.78, 5) is 71.6. The van der Waals surface area contributed by atoms with Crippen LogP contribution in [0, 0.1) is 5.92 Å². The summed E-state index contributed by atoms with van der Waals surface area (Å²) in [7, 11) is 0. The lowest BCUT2D eigenvalue weighted by Crippen LogP contribution is -2.56. The Kier molecular flexibility index (Phi) is 11.6. The Hall–Kier alpha value is -2.90. The summed E-state index contributed by atoms with van der Waals surface area (Å²) in [6.07, 6.45) is 1.68. The molecule has 2 saturated heterocycles. The van der Waals surface area contributed by atoms with Gasteiger partial charge in [-0.25, -0.2) is 9.18 Å². The number of urea groups is 1. The van der Waals surface area contributed by atoms with Crippen LogP contribution < -0.4 is 26.6 Å². The van der Waals surface area contributed by atoms with E-state index in [1.165, 1.54) is 6.92 Å². The molecule has 0 radical (unpaired) electrons. The summed E-state index contributed by atoms with van der Waals surface area (Å²) in [6.45, 7) is 3.36. The fourth-order valence-electron chi connectivity index (χ4n) is 4.23. The van der Waals surface area contributed by atoms with Crippen molar-refractivity contribution in [2.75, 3.05) is 12.4 Å². The zero-order chi connectivity index (χ0) is 27.7.